The molecule has 0 spiro atoms. The molecular weight excluding hydrogens is 496 g/mol. The van der Waals surface area contributed by atoms with Crippen LogP contribution in [0.2, 0.25) is 0 Å². The van der Waals surface area contributed by atoms with Crippen LogP contribution in [0, 0.1) is 13.8 Å². The zero-order chi connectivity index (χ0) is 24.4. The standard InChI is InChI=1S/C25H33BrN6O2/c1-14(2)32-8-6-18(7-9-32)29-21-19(26)12-28-25-22(21)30-24(31-25)17-10-15(3)23(16(4)11-17)34-13-20(33)27-5/h10-12,14,18H,6-9,13H2,1-5H3,(H,27,33)(H2,28,29,30,31). The number of pyridine rings is 1. The van der Waals surface area contributed by atoms with Gasteiger partial charge in [-0.2, -0.15) is 0 Å². The fourth-order valence-corrected chi connectivity index (χ4v) is 4.90. The molecule has 1 amide bonds. The SMILES string of the molecule is CNC(=O)COc1c(C)cc(-c2nc3c(NC4CCN(C(C)C)CC4)c(Br)cnc3[nH]2)cc1C. The monoisotopic (exact) mass is 528 g/mol. The predicted octanol–water partition coefficient (Wildman–Crippen LogP) is 4.41. The van der Waals surface area contributed by atoms with Gasteiger partial charge in [0, 0.05) is 44.0 Å². The van der Waals surface area contributed by atoms with Gasteiger partial charge in [0.1, 0.15) is 17.1 Å². The minimum atomic E-state index is -0.160. The van der Waals surface area contributed by atoms with Gasteiger partial charge in [0.15, 0.2) is 12.3 Å². The molecule has 34 heavy (non-hydrogen) atoms. The van der Waals surface area contributed by atoms with E-state index >= 15 is 0 Å². The van der Waals surface area contributed by atoms with Crippen LogP contribution in [-0.2, 0) is 4.79 Å². The van der Waals surface area contributed by atoms with E-state index in [4.69, 9.17) is 9.72 Å². The number of likely N-dealkylation sites (tertiary alicyclic amines) is 1. The van der Waals surface area contributed by atoms with Crippen LogP contribution in [0.3, 0.4) is 0 Å². The van der Waals surface area contributed by atoms with Gasteiger partial charge in [-0.3, -0.25) is 4.79 Å². The maximum Gasteiger partial charge on any atom is 0.257 e. The van der Waals surface area contributed by atoms with Crippen molar-refractivity contribution in [1.29, 1.82) is 0 Å². The Kier molecular flexibility index (Phi) is 7.42. The van der Waals surface area contributed by atoms with Crippen molar-refractivity contribution in [2.24, 2.45) is 0 Å². The Morgan fingerprint density at radius 3 is 2.56 bits per heavy atom. The molecule has 9 heteroatoms. The maximum absolute atomic E-state index is 11.6. The quantitative estimate of drug-likeness (QED) is 0.420. The molecule has 0 atom stereocenters. The van der Waals surface area contributed by atoms with Crippen molar-refractivity contribution >= 4 is 38.7 Å². The van der Waals surface area contributed by atoms with Crippen molar-refractivity contribution < 1.29 is 9.53 Å². The number of piperidine rings is 1. The maximum atomic E-state index is 11.6. The van der Waals surface area contributed by atoms with Crippen molar-refractivity contribution in [3.8, 4) is 17.1 Å². The Hall–Kier alpha value is -2.65. The number of aromatic nitrogens is 3. The minimum absolute atomic E-state index is 0.00869. The summed E-state index contributed by atoms with van der Waals surface area (Å²) in [6, 6.07) is 5.03. The van der Waals surface area contributed by atoms with Gasteiger partial charge in [-0.1, -0.05) is 0 Å². The summed E-state index contributed by atoms with van der Waals surface area (Å²) in [5.74, 6) is 1.31. The topological polar surface area (TPSA) is 95.2 Å². The molecule has 1 aliphatic heterocycles. The fraction of sp³-hybridized carbons (Fsp3) is 0.480. The Labute approximate surface area is 209 Å². The minimum Gasteiger partial charge on any atom is -0.483 e. The van der Waals surface area contributed by atoms with Gasteiger partial charge in [0.05, 0.1) is 10.2 Å². The van der Waals surface area contributed by atoms with E-state index in [1.165, 1.54) is 0 Å². The Bertz CT molecular complexity index is 1160. The lowest BCUT2D eigenvalue weighted by atomic mass is 10.0. The van der Waals surface area contributed by atoms with Crippen molar-refractivity contribution in [1.82, 2.24) is 25.2 Å². The first kappa shape index (κ1) is 24.5. The smallest absolute Gasteiger partial charge is 0.257 e. The number of imidazole rings is 1. The van der Waals surface area contributed by atoms with Crippen LogP contribution in [-0.4, -0.2) is 64.6 Å². The summed E-state index contributed by atoms with van der Waals surface area (Å²) in [4.78, 5) is 27.0. The number of likely N-dealkylation sites (N-methyl/N-ethyl adjacent to an activating group) is 1. The summed E-state index contributed by atoms with van der Waals surface area (Å²) in [5.41, 5.74) is 5.40. The first-order chi connectivity index (χ1) is 16.3. The zero-order valence-electron chi connectivity index (χ0n) is 20.5. The molecule has 4 rings (SSSR count). The molecule has 1 fully saturated rings. The number of fused-ring (bicyclic) bond motifs is 1. The molecule has 0 radical (unpaired) electrons. The van der Waals surface area contributed by atoms with E-state index in [1.807, 2.05) is 32.2 Å². The summed E-state index contributed by atoms with van der Waals surface area (Å²) >= 11 is 3.67. The number of H-pyrrole nitrogens is 1. The van der Waals surface area contributed by atoms with E-state index in [9.17, 15) is 4.79 Å². The second-order valence-electron chi connectivity index (χ2n) is 9.21. The van der Waals surface area contributed by atoms with Gasteiger partial charge in [0.25, 0.3) is 5.91 Å². The third-order valence-corrected chi connectivity index (χ3v) is 7.04. The van der Waals surface area contributed by atoms with Crippen LogP contribution < -0.4 is 15.4 Å². The second-order valence-corrected chi connectivity index (χ2v) is 10.1. The number of ether oxygens (including phenoxy) is 1. The first-order valence-electron chi connectivity index (χ1n) is 11.8. The highest BCUT2D eigenvalue weighted by Gasteiger charge is 2.23. The largest absolute Gasteiger partial charge is 0.483 e. The average Bonchev–Trinajstić information content (AvgIpc) is 3.25. The highest BCUT2D eigenvalue weighted by molar-refractivity contribution is 9.10. The number of aromatic amines is 1. The van der Waals surface area contributed by atoms with Crippen molar-refractivity contribution in [3.63, 3.8) is 0 Å². The molecule has 0 aliphatic carbocycles. The van der Waals surface area contributed by atoms with Crippen molar-refractivity contribution in [2.45, 2.75) is 52.6 Å². The molecule has 3 heterocycles. The normalized spacial score (nSPS) is 15.1. The molecule has 1 aromatic carbocycles. The molecule has 0 unspecified atom stereocenters. The summed E-state index contributed by atoms with van der Waals surface area (Å²) in [5, 5.41) is 6.30. The number of hydrogen-bond donors (Lipinski definition) is 3. The fourth-order valence-electron chi connectivity index (χ4n) is 4.49. The highest BCUT2D eigenvalue weighted by atomic mass is 79.9. The molecule has 0 saturated carbocycles. The van der Waals surface area contributed by atoms with E-state index in [0.29, 0.717) is 12.1 Å². The van der Waals surface area contributed by atoms with Gasteiger partial charge in [-0.15, -0.1) is 0 Å². The number of hydrogen-bond acceptors (Lipinski definition) is 6. The zero-order valence-corrected chi connectivity index (χ0v) is 22.0. The molecule has 1 aliphatic rings. The Morgan fingerprint density at radius 2 is 1.94 bits per heavy atom. The molecule has 182 valence electrons. The van der Waals surface area contributed by atoms with Crippen LogP contribution >= 0.6 is 15.9 Å². The van der Waals surface area contributed by atoms with E-state index in [1.54, 1.807) is 7.05 Å². The van der Waals surface area contributed by atoms with Gasteiger partial charge >= 0.3 is 0 Å². The van der Waals surface area contributed by atoms with Gasteiger partial charge < -0.3 is 25.3 Å². The number of nitrogens with zero attached hydrogens (tertiary/aromatic N) is 3. The number of aryl methyl sites for hydroxylation is 2. The van der Waals surface area contributed by atoms with Crippen LogP contribution in [0.4, 0.5) is 5.69 Å². The first-order valence-corrected chi connectivity index (χ1v) is 12.6. The van der Waals surface area contributed by atoms with E-state index < -0.39 is 0 Å². The molecule has 2 aromatic heterocycles. The number of halogens is 1. The molecule has 1 saturated heterocycles. The second kappa shape index (κ2) is 10.3. The summed E-state index contributed by atoms with van der Waals surface area (Å²) in [7, 11) is 1.60. The third kappa shape index (κ3) is 5.20. The summed E-state index contributed by atoms with van der Waals surface area (Å²) < 4.78 is 6.65. The lowest BCUT2D eigenvalue weighted by Gasteiger charge is -2.35. The lowest BCUT2D eigenvalue weighted by molar-refractivity contribution is -0.122. The number of rotatable bonds is 7. The molecule has 0 bridgehead atoms. The highest BCUT2D eigenvalue weighted by Crippen LogP contribution is 2.34. The lowest BCUT2D eigenvalue weighted by Crippen LogP contribution is -2.42. The number of carbonyl (C=O) groups is 1. The van der Waals surface area contributed by atoms with Crippen LogP contribution in [0.5, 0.6) is 5.75 Å². The predicted molar refractivity (Wildman–Crippen MR) is 139 cm³/mol. The van der Waals surface area contributed by atoms with Crippen molar-refractivity contribution in [3.05, 3.63) is 33.9 Å². The molecular formula is C25H33BrN6O2. The van der Waals surface area contributed by atoms with Gasteiger partial charge in [-0.05, 0) is 79.7 Å². The molecule has 8 nitrogen and oxygen atoms in total. The Morgan fingerprint density at radius 1 is 1.26 bits per heavy atom. The van der Waals surface area contributed by atoms with Crippen LogP contribution in [0.25, 0.3) is 22.6 Å². The summed E-state index contributed by atoms with van der Waals surface area (Å²) in [6.07, 6.45) is 4.02. The molecule has 3 aromatic rings. The van der Waals surface area contributed by atoms with E-state index in [0.717, 1.165) is 75.5 Å². The van der Waals surface area contributed by atoms with Crippen LogP contribution in [0.15, 0.2) is 22.8 Å². The number of anilines is 1. The number of benzene rings is 1. The Balaban J connectivity index is 1.59. The van der Waals surface area contributed by atoms with Crippen LogP contribution in [0.1, 0.15) is 37.8 Å². The third-order valence-electron chi connectivity index (χ3n) is 6.44. The number of amides is 1. The van der Waals surface area contributed by atoms with Gasteiger partial charge in [0.2, 0.25) is 0 Å². The number of carbonyl (C=O) groups excluding carboxylic acids is 1. The van der Waals surface area contributed by atoms with E-state index in [-0.39, 0.29) is 12.5 Å². The van der Waals surface area contributed by atoms with Crippen molar-refractivity contribution in [2.75, 3.05) is 32.1 Å². The average molecular weight is 529 g/mol. The van der Waals surface area contributed by atoms with Gasteiger partial charge in [-0.25, -0.2) is 9.97 Å². The summed E-state index contributed by atoms with van der Waals surface area (Å²) in [6.45, 7) is 10.6. The number of nitrogens with one attached hydrogen (secondary N) is 3. The van der Waals surface area contributed by atoms with E-state index in [2.05, 4.69) is 55.3 Å². The molecule has 3 N–H and O–H groups in total.